The lowest BCUT2D eigenvalue weighted by molar-refractivity contribution is 0.102. The molecular formula is C21H22N4O3. The zero-order valence-corrected chi connectivity index (χ0v) is 16.2. The summed E-state index contributed by atoms with van der Waals surface area (Å²) in [5.41, 5.74) is 3.76. The van der Waals surface area contributed by atoms with E-state index in [0.29, 0.717) is 17.2 Å². The summed E-state index contributed by atoms with van der Waals surface area (Å²) in [7, 11) is 3.15. The topological polar surface area (TPSA) is 85.4 Å². The smallest absolute Gasteiger partial charge is 0.274 e. The van der Waals surface area contributed by atoms with Gasteiger partial charge in [0.15, 0.2) is 0 Å². The molecule has 0 aliphatic rings. The monoisotopic (exact) mass is 378 g/mol. The summed E-state index contributed by atoms with van der Waals surface area (Å²) in [4.78, 5) is 21.1. The zero-order valence-electron chi connectivity index (χ0n) is 16.2. The Morgan fingerprint density at radius 3 is 2.57 bits per heavy atom. The second-order valence-corrected chi connectivity index (χ2v) is 6.16. The molecule has 7 nitrogen and oxygen atoms in total. The number of carbonyl (C=O) groups is 1. The van der Waals surface area contributed by atoms with Crippen LogP contribution in [0.2, 0.25) is 0 Å². The van der Waals surface area contributed by atoms with Crippen molar-refractivity contribution in [2.24, 2.45) is 0 Å². The lowest BCUT2D eigenvalue weighted by Crippen LogP contribution is -2.15. The summed E-state index contributed by atoms with van der Waals surface area (Å²) in [5.74, 6) is 1.23. The Kier molecular flexibility index (Phi) is 5.74. The Bertz CT molecular complexity index is 1000. The summed E-state index contributed by atoms with van der Waals surface area (Å²) in [6, 6.07) is 12.7. The highest BCUT2D eigenvalue weighted by Crippen LogP contribution is 2.30. The highest BCUT2D eigenvalue weighted by atomic mass is 16.5. The van der Waals surface area contributed by atoms with Crippen LogP contribution in [0.25, 0.3) is 0 Å². The van der Waals surface area contributed by atoms with E-state index in [2.05, 4.69) is 20.6 Å². The van der Waals surface area contributed by atoms with Crippen LogP contribution in [-0.4, -0.2) is 30.1 Å². The summed E-state index contributed by atoms with van der Waals surface area (Å²) in [5, 5.41) is 5.97. The maximum Gasteiger partial charge on any atom is 0.274 e. The number of benzene rings is 2. The summed E-state index contributed by atoms with van der Waals surface area (Å²) < 4.78 is 10.6. The van der Waals surface area contributed by atoms with Gasteiger partial charge in [0.2, 0.25) is 5.95 Å². The maximum atomic E-state index is 12.6. The molecule has 0 fully saturated rings. The fraction of sp³-hybridized carbons (Fsp3) is 0.190. The molecule has 28 heavy (non-hydrogen) atoms. The van der Waals surface area contributed by atoms with Crippen LogP contribution in [0, 0.1) is 13.8 Å². The molecule has 0 unspecified atom stereocenters. The number of hydrogen-bond donors (Lipinski definition) is 2. The summed E-state index contributed by atoms with van der Waals surface area (Å²) in [6.07, 6.45) is 1.53. The predicted octanol–water partition coefficient (Wildman–Crippen LogP) is 4.11. The maximum absolute atomic E-state index is 12.6. The molecule has 0 radical (unpaired) electrons. The van der Waals surface area contributed by atoms with E-state index in [0.717, 1.165) is 16.8 Å². The van der Waals surface area contributed by atoms with Crippen LogP contribution in [0.3, 0.4) is 0 Å². The van der Waals surface area contributed by atoms with E-state index in [1.54, 1.807) is 38.5 Å². The number of hydrogen-bond acceptors (Lipinski definition) is 6. The molecule has 0 saturated heterocycles. The minimum atomic E-state index is -0.309. The molecular weight excluding hydrogens is 356 g/mol. The van der Waals surface area contributed by atoms with Crippen LogP contribution < -0.4 is 20.1 Å². The predicted molar refractivity (Wildman–Crippen MR) is 109 cm³/mol. The fourth-order valence-corrected chi connectivity index (χ4v) is 2.65. The summed E-state index contributed by atoms with van der Waals surface area (Å²) in [6.45, 7) is 3.96. The fourth-order valence-electron chi connectivity index (χ4n) is 2.65. The van der Waals surface area contributed by atoms with Gasteiger partial charge in [0.1, 0.15) is 17.2 Å². The van der Waals surface area contributed by atoms with Gasteiger partial charge in [-0.15, -0.1) is 0 Å². The number of nitrogens with zero attached hydrogens (tertiary/aromatic N) is 2. The molecule has 0 saturated carbocycles. The van der Waals surface area contributed by atoms with Gasteiger partial charge in [0.05, 0.1) is 19.9 Å². The molecule has 1 amide bonds. The van der Waals surface area contributed by atoms with Crippen molar-refractivity contribution < 1.29 is 14.3 Å². The lowest BCUT2D eigenvalue weighted by atomic mass is 10.1. The first kappa shape index (κ1) is 19.2. The number of methoxy groups -OCH3 is 2. The zero-order chi connectivity index (χ0) is 20.1. The molecule has 0 aliphatic carbocycles. The third kappa shape index (κ3) is 4.20. The van der Waals surface area contributed by atoms with Crippen molar-refractivity contribution in [1.82, 2.24) is 9.97 Å². The van der Waals surface area contributed by atoms with Gasteiger partial charge in [-0.05, 0) is 49.2 Å². The van der Waals surface area contributed by atoms with E-state index in [-0.39, 0.29) is 17.5 Å². The number of aromatic nitrogens is 2. The average molecular weight is 378 g/mol. The van der Waals surface area contributed by atoms with E-state index < -0.39 is 0 Å². The van der Waals surface area contributed by atoms with Crippen LogP contribution in [-0.2, 0) is 0 Å². The molecule has 144 valence electrons. The van der Waals surface area contributed by atoms with Gasteiger partial charge in [-0.1, -0.05) is 12.1 Å². The molecule has 1 aromatic heterocycles. The van der Waals surface area contributed by atoms with Gasteiger partial charge >= 0.3 is 0 Å². The van der Waals surface area contributed by atoms with E-state index in [1.807, 2.05) is 32.0 Å². The van der Waals surface area contributed by atoms with E-state index in [4.69, 9.17) is 9.47 Å². The lowest BCUT2D eigenvalue weighted by Gasteiger charge is -2.12. The van der Waals surface area contributed by atoms with Gasteiger partial charge in [-0.2, -0.15) is 0 Å². The Morgan fingerprint density at radius 1 is 1.00 bits per heavy atom. The molecule has 2 aromatic carbocycles. The van der Waals surface area contributed by atoms with Gasteiger partial charge in [-0.25, -0.2) is 9.97 Å². The minimum Gasteiger partial charge on any atom is -0.497 e. The second kappa shape index (κ2) is 8.39. The molecule has 7 heteroatoms. The van der Waals surface area contributed by atoms with Crippen LogP contribution in [0.4, 0.5) is 17.3 Å². The highest BCUT2D eigenvalue weighted by molar-refractivity contribution is 6.03. The van der Waals surface area contributed by atoms with Crippen molar-refractivity contribution in [2.75, 3.05) is 24.9 Å². The number of aryl methyl sites for hydroxylation is 1. The third-order valence-corrected chi connectivity index (χ3v) is 4.39. The van der Waals surface area contributed by atoms with Crippen molar-refractivity contribution in [1.29, 1.82) is 0 Å². The quantitative estimate of drug-likeness (QED) is 0.671. The number of carbonyl (C=O) groups excluding carboxylic acids is 1. The van der Waals surface area contributed by atoms with E-state index in [9.17, 15) is 4.79 Å². The van der Waals surface area contributed by atoms with E-state index in [1.165, 1.54) is 6.20 Å². The van der Waals surface area contributed by atoms with Crippen LogP contribution >= 0.6 is 0 Å². The number of amides is 1. The van der Waals surface area contributed by atoms with Gasteiger partial charge in [0.25, 0.3) is 5.91 Å². The van der Waals surface area contributed by atoms with Crippen molar-refractivity contribution >= 4 is 23.2 Å². The van der Waals surface area contributed by atoms with Crippen molar-refractivity contribution in [3.05, 3.63) is 65.5 Å². The Morgan fingerprint density at radius 2 is 1.82 bits per heavy atom. The second-order valence-electron chi connectivity index (χ2n) is 6.16. The van der Waals surface area contributed by atoms with Gasteiger partial charge in [0, 0.05) is 18.0 Å². The van der Waals surface area contributed by atoms with Crippen LogP contribution in [0.1, 0.15) is 21.6 Å². The first-order chi connectivity index (χ1) is 13.5. The van der Waals surface area contributed by atoms with Crippen molar-refractivity contribution in [3.63, 3.8) is 0 Å². The van der Waals surface area contributed by atoms with Crippen molar-refractivity contribution in [2.45, 2.75) is 13.8 Å². The first-order valence-electron chi connectivity index (χ1n) is 8.71. The first-order valence-corrected chi connectivity index (χ1v) is 8.71. The molecule has 0 spiro atoms. The molecule has 0 aliphatic heterocycles. The normalized spacial score (nSPS) is 10.3. The van der Waals surface area contributed by atoms with Crippen LogP contribution in [0.5, 0.6) is 11.5 Å². The number of anilines is 3. The van der Waals surface area contributed by atoms with Gasteiger partial charge < -0.3 is 20.1 Å². The molecule has 3 aromatic rings. The molecule has 3 rings (SSSR count). The largest absolute Gasteiger partial charge is 0.497 e. The average Bonchev–Trinajstić information content (AvgIpc) is 2.71. The van der Waals surface area contributed by atoms with Gasteiger partial charge in [-0.3, -0.25) is 4.79 Å². The van der Waals surface area contributed by atoms with E-state index >= 15 is 0 Å². The molecule has 2 N–H and O–H groups in total. The SMILES string of the molecule is COc1ccc(OC)c(Nc2nccc(C(=O)Nc3cccc(C)c3C)n2)c1. The number of ether oxygens (including phenoxy) is 2. The molecule has 1 heterocycles. The molecule has 0 atom stereocenters. The number of nitrogens with one attached hydrogen (secondary N) is 2. The Labute approximate surface area is 163 Å². The van der Waals surface area contributed by atoms with Crippen LogP contribution in [0.15, 0.2) is 48.7 Å². The van der Waals surface area contributed by atoms with Crippen molar-refractivity contribution in [3.8, 4) is 11.5 Å². The third-order valence-electron chi connectivity index (χ3n) is 4.39. The Hall–Kier alpha value is -3.61. The molecule has 0 bridgehead atoms. The highest BCUT2D eigenvalue weighted by Gasteiger charge is 2.13. The summed E-state index contributed by atoms with van der Waals surface area (Å²) >= 11 is 0. The standard InChI is InChI=1S/C21H22N4O3/c1-13-6-5-7-16(14(13)2)23-20(26)17-10-11-22-21(24-17)25-18-12-15(27-3)8-9-19(18)28-4/h5-12H,1-4H3,(H,23,26)(H,22,24,25). The minimum absolute atomic E-state index is 0.250. The Balaban J connectivity index is 1.82. The number of rotatable bonds is 6.